The van der Waals surface area contributed by atoms with Gasteiger partial charge in [-0.2, -0.15) is 0 Å². The molecule has 0 aliphatic carbocycles. The van der Waals surface area contributed by atoms with Gasteiger partial charge in [0, 0.05) is 28.1 Å². The Morgan fingerprint density at radius 1 is 1.09 bits per heavy atom. The molecule has 0 bridgehead atoms. The molecule has 0 unspecified atom stereocenters. The van der Waals surface area contributed by atoms with Crippen LogP contribution in [0.1, 0.15) is 20.8 Å². The largest absolute Gasteiger partial charge is 0.493 e. The van der Waals surface area contributed by atoms with Crippen molar-refractivity contribution in [2.75, 3.05) is 20.8 Å². The second-order valence-corrected chi connectivity index (χ2v) is 7.59. The maximum Gasteiger partial charge on any atom is 0.251 e. The Kier molecular flexibility index (Phi) is 6.09. The van der Waals surface area contributed by atoms with Gasteiger partial charge in [-0.3, -0.25) is 9.59 Å². The molecule has 1 N–H and O–H groups in total. The van der Waals surface area contributed by atoms with Crippen molar-refractivity contribution in [2.45, 2.75) is 0 Å². The van der Waals surface area contributed by atoms with E-state index in [-0.39, 0.29) is 23.8 Å². The molecule has 32 heavy (non-hydrogen) atoms. The minimum atomic E-state index is -0.437. The molecule has 0 aliphatic rings. The molecule has 0 saturated heterocycles. The third kappa shape index (κ3) is 4.15. The van der Waals surface area contributed by atoms with E-state index in [4.69, 9.17) is 9.47 Å². The van der Waals surface area contributed by atoms with E-state index in [9.17, 15) is 14.0 Å². The lowest BCUT2D eigenvalue weighted by Crippen LogP contribution is -2.30. The Labute approximate surface area is 186 Å². The van der Waals surface area contributed by atoms with Crippen molar-refractivity contribution in [1.29, 1.82) is 0 Å². The van der Waals surface area contributed by atoms with Crippen molar-refractivity contribution < 1.29 is 23.5 Å². The standard InChI is InChI=1S/C23H18FN3O4S/c1-30-19-7-6-13(10-20(19)31-2)23(29)26-11-18(28)17-8-9-25-22(27-17)15-12-32-21-14(15)4-3-5-16(21)24/h3-10,12H,11H2,1-2H3,(H,26,29). The summed E-state index contributed by atoms with van der Waals surface area (Å²) in [7, 11) is 2.97. The first-order valence-corrected chi connectivity index (χ1v) is 10.4. The van der Waals surface area contributed by atoms with E-state index in [0.29, 0.717) is 38.5 Å². The van der Waals surface area contributed by atoms with Crippen LogP contribution in [0.15, 0.2) is 54.0 Å². The van der Waals surface area contributed by atoms with Crippen LogP contribution in [0.2, 0.25) is 0 Å². The summed E-state index contributed by atoms with van der Waals surface area (Å²) >= 11 is 1.25. The number of thiophene rings is 1. The molecule has 7 nitrogen and oxygen atoms in total. The van der Waals surface area contributed by atoms with E-state index in [1.54, 1.807) is 29.6 Å². The molecule has 0 spiro atoms. The number of nitrogens with one attached hydrogen (secondary N) is 1. The predicted octanol–water partition coefficient (Wildman–Crippen LogP) is 4.13. The lowest BCUT2D eigenvalue weighted by atomic mass is 10.1. The van der Waals surface area contributed by atoms with Crippen LogP contribution >= 0.6 is 11.3 Å². The molecule has 2 aromatic carbocycles. The molecule has 0 aliphatic heterocycles. The molecule has 0 radical (unpaired) electrons. The van der Waals surface area contributed by atoms with Gasteiger partial charge in [0.15, 0.2) is 23.1 Å². The first kappa shape index (κ1) is 21.4. The number of hydrogen-bond acceptors (Lipinski definition) is 7. The Hall–Kier alpha value is -3.85. The number of aromatic nitrogens is 2. The summed E-state index contributed by atoms with van der Waals surface area (Å²) in [5.74, 6) is 0.0877. The number of benzene rings is 2. The molecular formula is C23H18FN3O4S. The Balaban J connectivity index is 1.50. The smallest absolute Gasteiger partial charge is 0.251 e. The van der Waals surface area contributed by atoms with Gasteiger partial charge in [-0.15, -0.1) is 11.3 Å². The average molecular weight is 451 g/mol. The van der Waals surface area contributed by atoms with Crippen LogP contribution in [0.4, 0.5) is 4.39 Å². The molecule has 0 fully saturated rings. The Bertz CT molecular complexity index is 1320. The summed E-state index contributed by atoms with van der Waals surface area (Å²) in [6.07, 6.45) is 1.47. The normalized spacial score (nSPS) is 10.7. The highest BCUT2D eigenvalue weighted by atomic mass is 32.1. The fraction of sp³-hybridized carbons (Fsp3) is 0.130. The maximum absolute atomic E-state index is 14.0. The van der Waals surface area contributed by atoms with Gasteiger partial charge in [0.2, 0.25) is 0 Å². The zero-order valence-corrected chi connectivity index (χ0v) is 18.0. The van der Waals surface area contributed by atoms with Gasteiger partial charge >= 0.3 is 0 Å². The molecule has 2 aromatic heterocycles. The number of fused-ring (bicyclic) bond motifs is 1. The van der Waals surface area contributed by atoms with Gasteiger partial charge in [-0.05, 0) is 30.3 Å². The minimum absolute atomic E-state index is 0.151. The molecule has 4 rings (SSSR count). The van der Waals surface area contributed by atoms with E-state index < -0.39 is 5.91 Å². The summed E-state index contributed by atoms with van der Waals surface area (Å²) < 4.78 is 24.8. The first-order chi connectivity index (χ1) is 15.5. The van der Waals surface area contributed by atoms with Gasteiger partial charge in [-0.25, -0.2) is 14.4 Å². The number of halogens is 1. The number of ether oxygens (including phenoxy) is 2. The molecule has 162 valence electrons. The predicted molar refractivity (Wildman–Crippen MR) is 119 cm³/mol. The summed E-state index contributed by atoms with van der Waals surface area (Å²) in [5, 5.41) is 5.03. The molecule has 9 heteroatoms. The fourth-order valence-electron chi connectivity index (χ4n) is 3.17. The molecule has 0 atom stereocenters. The number of hydrogen-bond donors (Lipinski definition) is 1. The molecule has 2 heterocycles. The second-order valence-electron chi connectivity index (χ2n) is 6.71. The van der Waals surface area contributed by atoms with Crippen molar-refractivity contribution in [3.63, 3.8) is 0 Å². The van der Waals surface area contributed by atoms with Gasteiger partial charge in [0.25, 0.3) is 5.91 Å². The lowest BCUT2D eigenvalue weighted by molar-refractivity contribution is 0.0902. The van der Waals surface area contributed by atoms with E-state index in [2.05, 4.69) is 15.3 Å². The van der Waals surface area contributed by atoms with Gasteiger partial charge in [0.05, 0.1) is 25.5 Å². The SMILES string of the molecule is COc1ccc(C(=O)NCC(=O)c2ccnc(-c3csc4c(F)cccc34)n2)cc1OC. The Morgan fingerprint density at radius 3 is 2.69 bits per heavy atom. The number of amides is 1. The quantitative estimate of drug-likeness (QED) is 0.425. The molecule has 0 saturated carbocycles. The summed E-state index contributed by atoms with van der Waals surface area (Å²) in [5.41, 5.74) is 1.12. The third-order valence-corrected chi connectivity index (χ3v) is 5.79. The van der Waals surface area contributed by atoms with Crippen LogP contribution in [0.3, 0.4) is 0 Å². The summed E-state index contributed by atoms with van der Waals surface area (Å²) in [6.45, 7) is -0.247. The van der Waals surface area contributed by atoms with Gasteiger partial charge in [0.1, 0.15) is 11.5 Å². The fourth-order valence-corrected chi connectivity index (χ4v) is 4.12. The highest BCUT2D eigenvalue weighted by molar-refractivity contribution is 7.17. The number of methoxy groups -OCH3 is 2. The second kappa shape index (κ2) is 9.11. The molecular weight excluding hydrogens is 433 g/mol. The molecule has 4 aromatic rings. The summed E-state index contributed by atoms with van der Waals surface area (Å²) in [6, 6.07) is 11.0. The van der Waals surface area contributed by atoms with Crippen LogP contribution in [-0.4, -0.2) is 42.4 Å². The number of nitrogens with zero attached hydrogens (tertiary/aromatic N) is 2. The van der Waals surface area contributed by atoms with Crippen molar-refractivity contribution >= 4 is 33.1 Å². The van der Waals surface area contributed by atoms with Crippen LogP contribution < -0.4 is 14.8 Å². The third-order valence-electron chi connectivity index (χ3n) is 4.79. The first-order valence-electron chi connectivity index (χ1n) is 9.54. The zero-order chi connectivity index (χ0) is 22.7. The van der Waals surface area contributed by atoms with E-state index in [1.165, 1.54) is 50.0 Å². The number of ketones is 1. The number of rotatable bonds is 7. The average Bonchev–Trinajstić information content (AvgIpc) is 3.27. The van der Waals surface area contributed by atoms with Crippen LogP contribution in [0.5, 0.6) is 11.5 Å². The number of Topliss-reactive ketones (excluding diaryl/α,β-unsaturated/α-hetero) is 1. The zero-order valence-electron chi connectivity index (χ0n) is 17.2. The highest BCUT2D eigenvalue weighted by Crippen LogP contribution is 2.33. The topological polar surface area (TPSA) is 90.4 Å². The van der Waals surface area contributed by atoms with E-state index >= 15 is 0 Å². The van der Waals surface area contributed by atoms with Crippen molar-refractivity contribution in [3.05, 3.63) is 71.1 Å². The van der Waals surface area contributed by atoms with Crippen LogP contribution in [0, 0.1) is 5.82 Å². The van der Waals surface area contributed by atoms with Crippen LogP contribution in [0.25, 0.3) is 21.5 Å². The Morgan fingerprint density at radius 2 is 1.91 bits per heavy atom. The van der Waals surface area contributed by atoms with Crippen molar-refractivity contribution in [3.8, 4) is 22.9 Å². The highest BCUT2D eigenvalue weighted by Gasteiger charge is 2.16. The van der Waals surface area contributed by atoms with Crippen molar-refractivity contribution in [1.82, 2.24) is 15.3 Å². The minimum Gasteiger partial charge on any atom is -0.493 e. The van der Waals surface area contributed by atoms with Crippen LogP contribution in [-0.2, 0) is 0 Å². The maximum atomic E-state index is 14.0. The monoisotopic (exact) mass is 451 g/mol. The molecule has 1 amide bonds. The number of carbonyl (C=O) groups is 2. The van der Waals surface area contributed by atoms with Crippen molar-refractivity contribution in [2.24, 2.45) is 0 Å². The van der Waals surface area contributed by atoms with E-state index in [1.807, 2.05) is 0 Å². The summed E-state index contributed by atoms with van der Waals surface area (Å²) in [4.78, 5) is 33.7. The van der Waals surface area contributed by atoms with E-state index in [0.717, 1.165) is 0 Å². The number of carbonyl (C=O) groups excluding carboxylic acids is 2. The lowest BCUT2D eigenvalue weighted by Gasteiger charge is -2.10. The van der Waals surface area contributed by atoms with Gasteiger partial charge in [-0.1, -0.05) is 12.1 Å². The van der Waals surface area contributed by atoms with Gasteiger partial charge < -0.3 is 14.8 Å².